The molecule has 0 bridgehead atoms. The second-order valence-corrected chi connectivity index (χ2v) is 6.76. The summed E-state index contributed by atoms with van der Waals surface area (Å²) in [5.74, 6) is 0.0820. The first-order valence-corrected chi connectivity index (χ1v) is 8.11. The molecular formula is C16H23BrN2O. The minimum atomic E-state index is 0.0161. The monoisotopic (exact) mass is 338 g/mol. The van der Waals surface area contributed by atoms with E-state index in [0.29, 0.717) is 13.0 Å². The lowest BCUT2D eigenvalue weighted by Gasteiger charge is -2.35. The lowest BCUT2D eigenvalue weighted by Crippen LogP contribution is -2.36. The number of nitrogens with two attached hydrogens (primary N) is 1. The minimum Gasteiger partial charge on any atom is -0.330 e. The van der Waals surface area contributed by atoms with E-state index in [9.17, 15) is 4.79 Å². The van der Waals surface area contributed by atoms with Crippen LogP contribution in [0.3, 0.4) is 0 Å². The molecule has 1 saturated carbocycles. The molecule has 0 saturated heterocycles. The molecule has 1 amide bonds. The Balaban J connectivity index is 2.03. The summed E-state index contributed by atoms with van der Waals surface area (Å²) in [6.07, 6.45) is 6.35. The number of hydrogen-bond donors (Lipinski definition) is 2. The lowest BCUT2D eigenvalue weighted by atomic mass is 9.71. The molecule has 3 nitrogen and oxygen atoms in total. The molecule has 110 valence electrons. The van der Waals surface area contributed by atoms with Gasteiger partial charge >= 0.3 is 0 Å². The van der Waals surface area contributed by atoms with Crippen LogP contribution in [0, 0.1) is 12.3 Å². The fourth-order valence-electron chi connectivity index (χ4n) is 3.03. The maximum Gasteiger partial charge on any atom is 0.224 e. The highest BCUT2D eigenvalue weighted by Crippen LogP contribution is 2.38. The Kier molecular flexibility index (Phi) is 5.22. The van der Waals surface area contributed by atoms with Crippen molar-refractivity contribution in [3.63, 3.8) is 0 Å². The number of nitrogens with one attached hydrogen (secondary N) is 1. The number of rotatable bonds is 4. The molecule has 0 radical (unpaired) electrons. The first kappa shape index (κ1) is 15.5. The van der Waals surface area contributed by atoms with E-state index in [4.69, 9.17) is 5.73 Å². The fraction of sp³-hybridized carbons (Fsp3) is 0.562. The van der Waals surface area contributed by atoms with Crippen LogP contribution in [0.5, 0.6) is 0 Å². The Morgan fingerprint density at radius 3 is 2.70 bits per heavy atom. The van der Waals surface area contributed by atoms with Crippen LogP contribution in [-0.2, 0) is 4.79 Å². The third-order valence-corrected chi connectivity index (χ3v) is 5.28. The maximum atomic E-state index is 12.3. The van der Waals surface area contributed by atoms with Crippen LogP contribution >= 0.6 is 15.9 Å². The van der Waals surface area contributed by atoms with Crippen molar-refractivity contribution in [2.24, 2.45) is 11.1 Å². The number of carbonyl (C=O) groups is 1. The van der Waals surface area contributed by atoms with Gasteiger partial charge in [0.1, 0.15) is 0 Å². The zero-order chi connectivity index (χ0) is 14.6. The van der Waals surface area contributed by atoms with E-state index < -0.39 is 0 Å². The zero-order valence-corrected chi connectivity index (χ0v) is 13.6. The van der Waals surface area contributed by atoms with Gasteiger partial charge in [0, 0.05) is 16.6 Å². The van der Waals surface area contributed by atoms with Crippen molar-refractivity contribution in [2.75, 3.05) is 11.9 Å². The summed E-state index contributed by atoms with van der Waals surface area (Å²) in [6.45, 7) is 2.61. The molecule has 1 aliphatic carbocycles. The number of anilines is 1. The standard InChI is InChI=1S/C16H23BrN2O/c1-12-13(17)6-5-7-14(12)19-15(20)10-16(11-18)8-3-2-4-9-16/h5-7H,2-4,8-11,18H2,1H3,(H,19,20). The van der Waals surface area contributed by atoms with Gasteiger partial charge in [-0.05, 0) is 49.4 Å². The quantitative estimate of drug-likeness (QED) is 0.871. The van der Waals surface area contributed by atoms with Gasteiger partial charge in [-0.2, -0.15) is 0 Å². The van der Waals surface area contributed by atoms with E-state index in [0.717, 1.165) is 28.6 Å². The molecule has 3 N–H and O–H groups in total. The summed E-state index contributed by atoms with van der Waals surface area (Å²) < 4.78 is 1.02. The smallest absolute Gasteiger partial charge is 0.224 e. The molecule has 2 rings (SSSR count). The van der Waals surface area contributed by atoms with Crippen LogP contribution in [0.2, 0.25) is 0 Å². The van der Waals surface area contributed by atoms with Crippen molar-refractivity contribution in [1.29, 1.82) is 0 Å². The number of amides is 1. The average molecular weight is 339 g/mol. The minimum absolute atomic E-state index is 0.0161. The van der Waals surface area contributed by atoms with Gasteiger partial charge in [0.05, 0.1) is 0 Å². The van der Waals surface area contributed by atoms with Crippen LogP contribution in [0.4, 0.5) is 5.69 Å². The van der Waals surface area contributed by atoms with E-state index in [1.165, 1.54) is 19.3 Å². The lowest BCUT2D eigenvalue weighted by molar-refractivity contribution is -0.118. The van der Waals surface area contributed by atoms with Gasteiger partial charge in [0.2, 0.25) is 5.91 Å². The molecule has 1 fully saturated rings. The first-order chi connectivity index (χ1) is 9.56. The van der Waals surface area contributed by atoms with Gasteiger partial charge in [-0.1, -0.05) is 41.3 Å². The third-order valence-electron chi connectivity index (χ3n) is 4.42. The highest BCUT2D eigenvalue weighted by Gasteiger charge is 2.33. The van der Waals surface area contributed by atoms with Gasteiger partial charge in [-0.15, -0.1) is 0 Å². The Labute approximate surface area is 129 Å². The summed E-state index contributed by atoms with van der Waals surface area (Å²) in [5.41, 5.74) is 7.91. The van der Waals surface area contributed by atoms with E-state index in [2.05, 4.69) is 21.2 Å². The predicted molar refractivity (Wildman–Crippen MR) is 86.7 cm³/mol. The van der Waals surface area contributed by atoms with Gasteiger partial charge in [0.25, 0.3) is 0 Å². The summed E-state index contributed by atoms with van der Waals surface area (Å²) in [5, 5.41) is 3.03. The number of hydrogen-bond acceptors (Lipinski definition) is 2. The Hall–Kier alpha value is -0.870. The van der Waals surface area contributed by atoms with Gasteiger partial charge in [-0.3, -0.25) is 4.79 Å². The van der Waals surface area contributed by atoms with E-state index in [-0.39, 0.29) is 11.3 Å². The molecule has 0 spiro atoms. The molecule has 1 aromatic carbocycles. The fourth-order valence-corrected chi connectivity index (χ4v) is 3.40. The van der Waals surface area contributed by atoms with Gasteiger partial charge < -0.3 is 11.1 Å². The van der Waals surface area contributed by atoms with Crippen molar-refractivity contribution in [3.8, 4) is 0 Å². The molecular weight excluding hydrogens is 316 g/mol. The van der Waals surface area contributed by atoms with Gasteiger partial charge in [-0.25, -0.2) is 0 Å². The largest absolute Gasteiger partial charge is 0.330 e. The SMILES string of the molecule is Cc1c(Br)cccc1NC(=O)CC1(CN)CCCCC1. The molecule has 0 atom stereocenters. The van der Waals surface area contributed by atoms with Crippen LogP contribution in [0.1, 0.15) is 44.1 Å². The number of carbonyl (C=O) groups excluding carboxylic acids is 1. The van der Waals surface area contributed by atoms with Crippen LogP contribution in [0.15, 0.2) is 22.7 Å². The normalized spacial score (nSPS) is 17.8. The van der Waals surface area contributed by atoms with Crippen molar-refractivity contribution >= 4 is 27.5 Å². The summed E-state index contributed by atoms with van der Waals surface area (Å²) in [6, 6.07) is 5.85. The molecule has 0 unspecified atom stereocenters. The summed E-state index contributed by atoms with van der Waals surface area (Å²) in [7, 11) is 0. The Morgan fingerprint density at radius 2 is 2.05 bits per heavy atom. The number of benzene rings is 1. The van der Waals surface area contributed by atoms with E-state index in [1.54, 1.807) is 0 Å². The van der Waals surface area contributed by atoms with Crippen LogP contribution in [0.25, 0.3) is 0 Å². The van der Waals surface area contributed by atoms with Crippen LogP contribution < -0.4 is 11.1 Å². The van der Waals surface area contributed by atoms with Crippen molar-refractivity contribution in [2.45, 2.75) is 45.4 Å². The van der Waals surface area contributed by atoms with E-state index >= 15 is 0 Å². The first-order valence-electron chi connectivity index (χ1n) is 7.31. The van der Waals surface area contributed by atoms with Gasteiger partial charge in [0.15, 0.2) is 0 Å². The van der Waals surface area contributed by atoms with Crippen molar-refractivity contribution < 1.29 is 4.79 Å². The van der Waals surface area contributed by atoms with E-state index in [1.807, 2.05) is 25.1 Å². The topological polar surface area (TPSA) is 55.1 Å². The Morgan fingerprint density at radius 1 is 1.35 bits per heavy atom. The maximum absolute atomic E-state index is 12.3. The molecule has 0 aliphatic heterocycles. The average Bonchev–Trinajstić information content (AvgIpc) is 2.45. The second kappa shape index (κ2) is 6.72. The second-order valence-electron chi connectivity index (χ2n) is 5.90. The highest BCUT2D eigenvalue weighted by molar-refractivity contribution is 9.10. The molecule has 1 aromatic rings. The molecule has 0 aromatic heterocycles. The Bertz CT molecular complexity index is 481. The summed E-state index contributed by atoms with van der Waals surface area (Å²) >= 11 is 3.49. The highest BCUT2D eigenvalue weighted by atomic mass is 79.9. The molecule has 1 aliphatic rings. The van der Waals surface area contributed by atoms with Crippen molar-refractivity contribution in [1.82, 2.24) is 0 Å². The predicted octanol–water partition coefficient (Wildman–Crippen LogP) is 4.00. The molecule has 0 heterocycles. The summed E-state index contributed by atoms with van der Waals surface area (Å²) in [4.78, 5) is 12.3. The third kappa shape index (κ3) is 3.61. The molecule has 4 heteroatoms. The zero-order valence-electron chi connectivity index (χ0n) is 12.0. The van der Waals surface area contributed by atoms with Crippen molar-refractivity contribution in [3.05, 3.63) is 28.2 Å². The molecule has 20 heavy (non-hydrogen) atoms. The number of halogens is 1. The van der Waals surface area contributed by atoms with Crippen LogP contribution in [-0.4, -0.2) is 12.5 Å².